The minimum Gasteiger partial charge on any atom is -0.493 e. The molecule has 0 spiro atoms. The lowest BCUT2D eigenvalue weighted by Gasteiger charge is -2.19. The third-order valence-electron chi connectivity index (χ3n) is 3.58. The predicted molar refractivity (Wildman–Crippen MR) is 72.3 cm³/mol. The van der Waals surface area contributed by atoms with E-state index in [0.29, 0.717) is 22.8 Å². The first-order valence-electron chi connectivity index (χ1n) is 6.02. The summed E-state index contributed by atoms with van der Waals surface area (Å²) in [6, 6.07) is 2.75. The Labute approximate surface area is 119 Å². The number of amides is 1. The maximum absolute atomic E-state index is 12.6. The summed E-state index contributed by atoms with van der Waals surface area (Å²) in [6.45, 7) is 0. The molecule has 1 saturated heterocycles. The van der Waals surface area contributed by atoms with Gasteiger partial charge in [-0.1, -0.05) is 6.07 Å². The number of thioether (sulfide) groups is 1. The molecule has 0 aliphatic carbocycles. The molecule has 2 heterocycles. The summed E-state index contributed by atoms with van der Waals surface area (Å²) >= 11 is 1.46. The molecule has 0 aromatic heterocycles. The van der Waals surface area contributed by atoms with Crippen LogP contribution >= 0.6 is 11.8 Å². The Hall–Kier alpha value is -1.89. The van der Waals surface area contributed by atoms with Crippen molar-refractivity contribution in [2.75, 3.05) is 20.0 Å². The molecule has 2 aliphatic heterocycles. The fourth-order valence-electron chi connectivity index (χ4n) is 2.68. The van der Waals surface area contributed by atoms with Gasteiger partial charge in [-0.25, -0.2) is 4.79 Å². The van der Waals surface area contributed by atoms with Crippen LogP contribution in [0.4, 0.5) is 0 Å². The van der Waals surface area contributed by atoms with E-state index in [0.717, 1.165) is 5.56 Å². The van der Waals surface area contributed by atoms with Crippen LogP contribution in [0.15, 0.2) is 12.1 Å². The number of aliphatic carboxylic acids is 1. The zero-order chi connectivity index (χ0) is 14.4. The number of fused-ring (bicyclic) bond motifs is 3. The molecule has 106 valence electrons. The minimum atomic E-state index is -0.980. The smallest absolute Gasteiger partial charge is 0.327 e. The fourth-order valence-corrected chi connectivity index (χ4v) is 4.13. The third kappa shape index (κ3) is 1.59. The average molecular weight is 295 g/mol. The van der Waals surface area contributed by atoms with E-state index in [4.69, 9.17) is 9.47 Å². The van der Waals surface area contributed by atoms with Crippen LogP contribution in [-0.2, 0) is 4.79 Å². The molecule has 2 aliphatic rings. The van der Waals surface area contributed by atoms with Crippen LogP contribution in [0, 0.1) is 0 Å². The van der Waals surface area contributed by atoms with Crippen molar-refractivity contribution in [3.05, 3.63) is 23.3 Å². The van der Waals surface area contributed by atoms with Crippen molar-refractivity contribution in [2.24, 2.45) is 0 Å². The Balaban J connectivity index is 2.13. The van der Waals surface area contributed by atoms with Gasteiger partial charge in [0.1, 0.15) is 11.4 Å². The van der Waals surface area contributed by atoms with Gasteiger partial charge in [0, 0.05) is 11.3 Å². The second kappa shape index (κ2) is 4.59. The van der Waals surface area contributed by atoms with Crippen LogP contribution in [0.5, 0.6) is 11.5 Å². The van der Waals surface area contributed by atoms with E-state index in [1.165, 1.54) is 30.9 Å². The van der Waals surface area contributed by atoms with Crippen LogP contribution in [-0.4, -0.2) is 47.9 Å². The monoisotopic (exact) mass is 295 g/mol. The Morgan fingerprint density at radius 2 is 2.15 bits per heavy atom. The van der Waals surface area contributed by atoms with Gasteiger partial charge in [0.05, 0.1) is 19.8 Å². The molecule has 0 unspecified atom stereocenters. The number of carbonyl (C=O) groups is 2. The maximum Gasteiger partial charge on any atom is 0.327 e. The number of carboxylic acid groups (broad SMARTS) is 1. The van der Waals surface area contributed by atoms with Gasteiger partial charge in [-0.2, -0.15) is 0 Å². The molecular weight excluding hydrogens is 282 g/mol. The van der Waals surface area contributed by atoms with Crippen LogP contribution in [0.25, 0.3) is 0 Å². The van der Waals surface area contributed by atoms with E-state index in [1.54, 1.807) is 12.1 Å². The molecule has 7 heteroatoms. The second-order valence-electron chi connectivity index (χ2n) is 4.52. The first-order chi connectivity index (χ1) is 9.60. The normalized spacial score (nSPS) is 23.5. The SMILES string of the molecule is COc1ccc2c(c1OC)C(=O)N1[C@@H](C(=O)O)CS[C@@H]21. The van der Waals surface area contributed by atoms with Crippen LogP contribution < -0.4 is 9.47 Å². The van der Waals surface area contributed by atoms with Crippen molar-refractivity contribution < 1.29 is 24.2 Å². The fraction of sp³-hybridized carbons (Fsp3) is 0.385. The topological polar surface area (TPSA) is 76.1 Å². The van der Waals surface area contributed by atoms with E-state index in [9.17, 15) is 14.7 Å². The molecular formula is C13H13NO5S. The van der Waals surface area contributed by atoms with Gasteiger partial charge in [0.15, 0.2) is 11.5 Å². The molecule has 0 saturated carbocycles. The lowest BCUT2D eigenvalue weighted by Crippen LogP contribution is -2.39. The second-order valence-corrected chi connectivity index (χ2v) is 5.63. The van der Waals surface area contributed by atoms with Gasteiger partial charge in [-0.3, -0.25) is 4.79 Å². The first kappa shape index (κ1) is 13.1. The van der Waals surface area contributed by atoms with E-state index >= 15 is 0 Å². The highest BCUT2D eigenvalue weighted by Crippen LogP contribution is 2.52. The molecule has 0 radical (unpaired) electrons. The van der Waals surface area contributed by atoms with Crippen LogP contribution in [0.1, 0.15) is 21.3 Å². The maximum atomic E-state index is 12.6. The number of nitrogens with zero attached hydrogens (tertiary/aromatic N) is 1. The highest BCUT2D eigenvalue weighted by atomic mass is 32.2. The summed E-state index contributed by atoms with van der Waals surface area (Å²) in [5.74, 6) is -0.0449. The van der Waals surface area contributed by atoms with Crippen molar-refractivity contribution in [1.82, 2.24) is 4.90 Å². The summed E-state index contributed by atoms with van der Waals surface area (Å²) in [6.07, 6.45) is 0. The summed E-state index contributed by atoms with van der Waals surface area (Å²) < 4.78 is 10.5. The molecule has 20 heavy (non-hydrogen) atoms. The number of rotatable bonds is 3. The quantitative estimate of drug-likeness (QED) is 0.907. The zero-order valence-electron chi connectivity index (χ0n) is 11.0. The Bertz CT molecular complexity index is 603. The third-order valence-corrected chi connectivity index (χ3v) is 4.88. The molecule has 1 fully saturated rings. The molecule has 0 bridgehead atoms. The number of ether oxygens (including phenoxy) is 2. The van der Waals surface area contributed by atoms with Gasteiger partial charge >= 0.3 is 5.97 Å². The van der Waals surface area contributed by atoms with Crippen molar-refractivity contribution >= 4 is 23.6 Å². The van der Waals surface area contributed by atoms with Gasteiger partial charge in [0.2, 0.25) is 0 Å². The highest BCUT2D eigenvalue weighted by molar-refractivity contribution is 7.99. The van der Waals surface area contributed by atoms with Gasteiger partial charge in [-0.05, 0) is 6.07 Å². The Kier molecular flexibility index (Phi) is 3.01. The van der Waals surface area contributed by atoms with Crippen LogP contribution in [0.3, 0.4) is 0 Å². The largest absolute Gasteiger partial charge is 0.493 e. The highest BCUT2D eigenvalue weighted by Gasteiger charge is 2.50. The molecule has 3 rings (SSSR count). The summed E-state index contributed by atoms with van der Waals surface area (Å²) in [7, 11) is 2.97. The molecule has 1 N–H and O–H groups in total. The molecule has 1 amide bonds. The number of hydrogen-bond acceptors (Lipinski definition) is 5. The van der Waals surface area contributed by atoms with E-state index < -0.39 is 12.0 Å². The first-order valence-corrected chi connectivity index (χ1v) is 7.07. The lowest BCUT2D eigenvalue weighted by molar-refractivity contribution is -0.141. The van der Waals surface area contributed by atoms with Gasteiger partial charge in [-0.15, -0.1) is 11.8 Å². The molecule has 2 atom stereocenters. The molecule has 1 aromatic rings. The summed E-state index contributed by atoms with van der Waals surface area (Å²) in [5, 5.41) is 8.97. The van der Waals surface area contributed by atoms with Crippen molar-refractivity contribution in [2.45, 2.75) is 11.4 Å². The standard InChI is InChI=1S/C13H13NO5S/c1-18-8-4-3-6-9(10(8)19-2)11(15)14-7(13(16)17)5-20-12(6)14/h3-4,7,12H,5H2,1-2H3,(H,16,17)/t7-,12+/m1/s1. The van der Waals surface area contributed by atoms with Crippen molar-refractivity contribution in [3.8, 4) is 11.5 Å². The van der Waals surface area contributed by atoms with E-state index in [-0.39, 0.29) is 11.3 Å². The van der Waals surface area contributed by atoms with Crippen LogP contribution in [0.2, 0.25) is 0 Å². The van der Waals surface area contributed by atoms with E-state index in [1.807, 2.05) is 0 Å². The summed E-state index contributed by atoms with van der Waals surface area (Å²) in [5.41, 5.74) is 1.21. The number of carboxylic acids is 1. The zero-order valence-corrected chi connectivity index (χ0v) is 11.8. The van der Waals surface area contributed by atoms with E-state index in [2.05, 4.69) is 0 Å². The summed E-state index contributed by atoms with van der Waals surface area (Å²) in [4.78, 5) is 25.2. The van der Waals surface area contributed by atoms with Gasteiger partial charge < -0.3 is 19.5 Å². The average Bonchev–Trinajstić information content (AvgIpc) is 2.99. The Morgan fingerprint density at radius 1 is 1.40 bits per heavy atom. The lowest BCUT2D eigenvalue weighted by atomic mass is 10.1. The van der Waals surface area contributed by atoms with Crippen molar-refractivity contribution in [1.29, 1.82) is 0 Å². The molecule has 6 nitrogen and oxygen atoms in total. The van der Waals surface area contributed by atoms with Gasteiger partial charge in [0.25, 0.3) is 5.91 Å². The Morgan fingerprint density at radius 3 is 2.75 bits per heavy atom. The number of methoxy groups -OCH3 is 2. The van der Waals surface area contributed by atoms with Crippen molar-refractivity contribution in [3.63, 3.8) is 0 Å². The number of carbonyl (C=O) groups excluding carboxylic acids is 1. The molecule has 1 aromatic carbocycles. The number of benzene rings is 1. The minimum absolute atomic E-state index is 0.251. The number of hydrogen-bond donors (Lipinski definition) is 1. The predicted octanol–water partition coefficient (Wildman–Crippen LogP) is 1.36.